The molecule has 0 aromatic carbocycles. The van der Waals surface area contributed by atoms with Gasteiger partial charge in [-0.3, -0.25) is 0 Å². The molecule has 0 aliphatic carbocycles. The Labute approximate surface area is 112 Å². The van der Waals surface area contributed by atoms with Crippen LogP contribution in [0.5, 0.6) is 0 Å². The zero-order chi connectivity index (χ0) is 12.8. The summed E-state index contributed by atoms with van der Waals surface area (Å²) in [5, 5.41) is 9.67. The van der Waals surface area contributed by atoms with Crippen LogP contribution in [-0.2, 0) is 4.74 Å². The molecule has 2 atom stereocenters. The molecular weight excluding hydrogens is 226 g/mol. The van der Waals surface area contributed by atoms with Crippen molar-refractivity contribution in [1.29, 1.82) is 0 Å². The molecule has 0 bridgehead atoms. The lowest BCUT2D eigenvalue weighted by atomic mass is 9.97. The molecule has 1 N–H and O–H groups in total. The number of aliphatic hydroxyl groups excluding tert-OH is 1. The topological polar surface area (TPSA) is 32.7 Å². The summed E-state index contributed by atoms with van der Waals surface area (Å²) in [6, 6.07) is 0.607. The monoisotopic (exact) mass is 255 g/mol. The zero-order valence-electron chi connectivity index (χ0n) is 11.8. The van der Waals surface area contributed by atoms with E-state index in [0.717, 1.165) is 25.6 Å². The first-order chi connectivity index (χ1) is 8.75. The maximum Gasteiger partial charge on any atom is 0.0527 e. The third-order valence-electron chi connectivity index (χ3n) is 4.45. The average molecular weight is 255 g/mol. The highest BCUT2D eigenvalue weighted by Crippen LogP contribution is 2.24. The van der Waals surface area contributed by atoms with Crippen molar-refractivity contribution in [3.05, 3.63) is 0 Å². The summed E-state index contributed by atoms with van der Waals surface area (Å²) in [4.78, 5) is 2.66. The van der Waals surface area contributed by atoms with E-state index < -0.39 is 0 Å². The summed E-state index contributed by atoms with van der Waals surface area (Å²) < 4.78 is 5.45. The van der Waals surface area contributed by atoms with E-state index in [-0.39, 0.29) is 6.10 Å². The molecule has 3 nitrogen and oxygen atoms in total. The highest BCUT2D eigenvalue weighted by Gasteiger charge is 2.25. The Morgan fingerprint density at radius 3 is 2.67 bits per heavy atom. The minimum Gasteiger partial charge on any atom is -0.393 e. The van der Waals surface area contributed by atoms with Gasteiger partial charge in [-0.15, -0.1) is 0 Å². The third kappa shape index (κ3) is 4.52. The molecule has 106 valence electrons. The summed E-state index contributed by atoms with van der Waals surface area (Å²) in [5.41, 5.74) is 0. The lowest BCUT2D eigenvalue weighted by Crippen LogP contribution is -2.41. The number of nitrogens with zero attached hydrogens (tertiary/aromatic N) is 1. The Bertz CT molecular complexity index is 227. The van der Waals surface area contributed by atoms with Crippen LogP contribution >= 0.6 is 0 Å². The van der Waals surface area contributed by atoms with Gasteiger partial charge in [0, 0.05) is 25.8 Å². The number of likely N-dealkylation sites (tertiary alicyclic amines) is 1. The molecule has 0 aromatic heterocycles. The molecule has 18 heavy (non-hydrogen) atoms. The maximum atomic E-state index is 9.67. The van der Waals surface area contributed by atoms with Crippen LogP contribution in [0.4, 0.5) is 0 Å². The zero-order valence-corrected chi connectivity index (χ0v) is 11.8. The molecule has 2 heterocycles. The fourth-order valence-electron chi connectivity index (χ4n) is 3.40. The van der Waals surface area contributed by atoms with Crippen molar-refractivity contribution in [1.82, 2.24) is 4.90 Å². The molecule has 2 aliphatic rings. The summed E-state index contributed by atoms with van der Waals surface area (Å²) in [7, 11) is 0. The second-order valence-electron chi connectivity index (χ2n) is 6.14. The minimum atomic E-state index is -0.162. The minimum absolute atomic E-state index is 0.162. The van der Waals surface area contributed by atoms with Gasteiger partial charge < -0.3 is 14.7 Å². The number of hydrogen-bond acceptors (Lipinski definition) is 3. The van der Waals surface area contributed by atoms with Crippen molar-refractivity contribution in [3.63, 3.8) is 0 Å². The summed E-state index contributed by atoms with van der Waals surface area (Å²) in [6.45, 7) is 6.27. The van der Waals surface area contributed by atoms with Crippen LogP contribution in [0.3, 0.4) is 0 Å². The number of ether oxygens (including phenoxy) is 1. The fraction of sp³-hybridized carbons (Fsp3) is 1.00. The van der Waals surface area contributed by atoms with Gasteiger partial charge in [0.1, 0.15) is 0 Å². The first-order valence-corrected chi connectivity index (χ1v) is 7.75. The van der Waals surface area contributed by atoms with E-state index in [1.165, 1.54) is 51.6 Å². The predicted octanol–water partition coefficient (Wildman–Crippen LogP) is 2.43. The van der Waals surface area contributed by atoms with Gasteiger partial charge in [-0.1, -0.05) is 12.8 Å². The van der Waals surface area contributed by atoms with Crippen molar-refractivity contribution < 1.29 is 9.84 Å². The van der Waals surface area contributed by atoms with Crippen LogP contribution in [0.1, 0.15) is 51.9 Å². The van der Waals surface area contributed by atoms with E-state index in [2.05, 4.69) is 4.90 Å². The lowest BCUT2D eigenvalue weighted by Gasteiger charge is -2.35. The number of aliphatic hydroxyl groups is 1. The van der Waals surface area contributed by atoms with Gasteiger partial charge in [-0.05, 0) is 51.5 Å². The van der Waals surface area contributed by atoms with Crippen LogP contribution in [-0.4, -0.2) is 48.5 Å². The third-order valence-corrected chi connectivity index (χ3v) is 4.45. The van der Waals surface area contributed by atoms with Crippen molar-refractivity contribution in [3.8, 4) is 0 Å². The van der Waals surface area contributed by atoms with Gasteiger partial charge in [0.05, 0.1) is 6.10 Å². The van der Waals surface area contributed by atoms with Gasteiger partial charge in [-0.25, -0.2) is 0 Å². The fourth-order valence-corrected chi connectivity index (χ4v) is 3.40. The molecular formula is C15H29NO2. The predicted molar refractivity (Wildman–Crippen MR) is 73.7 cm³/mol. The molecule has 3 heteroatoms. The first-order valence-electron chi connectivity index (χ1n) is 7.75. The van der Waals surface area contributed by atoms with Crippen LogP contribution < -0.4 is 0 Å². The van der Waals surface area contributed by atoms with Crippen LogP contribution in [0.25, 0.3) is 0 Å². The molecule has 2 unspecified atom stereocenters. The van der Waals surface area contributed by atoms with Gasteiger partial charge >= 0.3 is 0 Å². The van der Waals surface area contributed by atoms with E-state index >= 15 is 0 Å². The SMILES string of the molecule is CC(O)CC1CCCCCN1CC1CCOCC1. The van der Waals surface area contributed by atoms with Crippen molar-refractivity contribution in [2.45, 2.75) is 64.0 Å². The smallest absolute Gasteiger partial charge is 0.0527 e. The Balaban J connectivity index is 1.87. The Hall–Kier alpha value is -0.120. The van der Waals surface area contributed by atoms with E-state index in [0.29, 0.717) is 6.04 Å². The van der Waals surface area contributed by atoms with Gasteiger partial charge in [0.25, 0.3) is 0 Å². The molecule has 0 spiro atoms. The van der Waals surface area contributed by atoms with Crippen LogP contribution in [0.2, 0.25) is 0 Å². The number of rotatable bonds is 4. The van der Waals surface area contributed by atoms with Crippen LogP contribution in [0, 0.1) is 5.92 Å². The van der Waals surface area contributed by atoms with Gasteiger partial charge in [0.2, 0.25) is 0 Å². The van der Waals surface area contributed by atoms with E-state index in [9.17, 15) is 5.11 Å². The van der Waals surface area contributed by atoms with E-state index in [4.69, 9.17) is 4.74 Å². The summed E-state index contributed by atoms with van der Waals surface area (Å²) >= 11 is 0. The largest absolute Gasteiger partial charge is 0.393 e. The maximum absolute atomic E-state index is 9.67. The number of hydrogen-bond donors (Lipinski definition) is 1. The van der Waals surface area contributed by atoms with Crippen molar-refractivity contribution >= 4 is 0 Å². The van der Waals surface area contributed by atoms with E-state index in [1.54, 1.807) is 0 Å². The normalized spacial score (nSPS) is 30.0. The molecule has 0 aromatic rings. The molecule has 2 fully saturated rings. The van der Waals surface area contributed by atoms with Crippen LogP contribution in [0.15, 0.2) is 0 Å². The van der Waals surface area contributed by atoms with Gasteiger partial charge in [-0.2, -0.15) is 0 Å². The quantitative estimate of drug-likeness (QED) is 0.837. The van der Waals surface area contributed by atoms with Gasteiger partial charge in [0.15, 0.2) is 0 Å². The highest BCUT2D eigenvalue weighted by atomic mass is 16.5. The first kappa shape index (κ1) is 14.3. The molecule has 0 amide bonds. The Morgan fingerprint density at radius 2 is 1.94 bits per heavy atom. The second kappa shape index (κ2) is 7.46. The van der Waals surface area contributed by atoms with E-state index in [1.807, 2.05) is 6.92 Å². The highest BCUT2D eigenvalue weighted by molar-refractivity contribution is 4.80. The average Bonchev–Trinajstić information content (AvgIpc) is 2.56. The molecule has 0 radical (unpaired) electrons. The summed E-state index contributed by atoms with van der Waals surface area (Å²) in [5.74, 6) is 0.813. The van der Waals surface area contributed by atoms with Crippen molar-refractivity contribution in [2.75, 3.05) is 26.3 Å². The molecule has 2 rings (SSSR count). The Morgan fingerprint density at radius 1 is 1.17 bits per heavy atom. The lowest BCUT2D eigenvalue weighted by molar-refractivity contribution is 0.0388. The second-order valence-corrected chi connectivity index (χ2v) is 6.14. The molecule has 2 saturated heterocycles. The standard InChI is InChI=1S/C15H29NO2/c1-13(17)11-15-5-3-2-4-8-16(15)12-14-6-9-18-10-7-14/h13-15,17H,2-12H2,1H3. The summed E-state index contributed by atoms with van der Waals surface area (Å²) in [6.07, 6.45) is 8.53. The molecule has 2 aliphatic heterocycles. The van der Waals surface area contributed by atoms with Crippen molar-refractivity contribution in [2.24, 2.45) is 5.92 Å². The molecule has 0 saturated carbocycles. The Kier molecular flexibility index (Phi) is 5.93.